The van der Waals surface area contributed by atoms with Crippen LogP contribution in [0.3, 0.4) is 0 Å². The third kappa shape index (κ3) is 3.57. The van der Waals surface area contributed by atoms with Gasteiger partial charge < -0.3 is 9.64 Å². The molecule has 0 spiro atoms. The second-order valence-corrected chi connectivity index (χ2v) is 6.42. The number of piperazine rings is 1. The van der Waals surface area contributed by atoms with Crippen molar-refractivity contribution >= 4 is 11.6 Å². The van der Waals surface area contributed by atoms with Gasteiger partial charge in [0.25, 0.3) is 11.6 Å². The summed E-state index contributed by atoms with van der Waals surface area (Å²) >= 11 is 0. The average molecular weight is 333 g/mol. The van der Waals surface area contributed by atoms with Gasteiger partial charge in [0, 0.05) is 51.0 Å². The topological polar surface area (TPSA) is 75.9 Å². The maximum Gasteiger partial charge on any atom is 0.272 e. The number of rotatable bonds is 4. The molecule has 2 heterocycles. The zero-order valence-corrected chi connectivity index (χ0v) is 13.9. The first-order valence-corrected chi connectivity index (χ1v) is 8.42. The molecule has 2 fully saturated rings. The molecule has 7 heteroatoms. The Hall–Kier alpha value is -1.99. The fourth-order valence-corrected chi connectivity index (χ4v) is 3.38. The molecule has 2 saturated heterocycles. The summed E-state index contributed by atoms with van der Waals surface area (Å²) < 4.78 is 5.47. The van der Waals surface area contributed by atoms with Crippen LogP contribution >= 0.6 is 0 Å². The molecule has 0 aromatic heterocycles. The number of benzene rings is 1. The van der Waals surface area contributed by atoms with Crippen LogP contribution in [-0.4, -0.2) is 59.5 Å². The molecule has 0 aliphatic carbocycles. The molecule has 1 aromatic carbocycles. The molecule has 7 nitrogen and oxygen atoms in total. The Bertz CT molecular complexity index is 620. The van der Waals surface area contributed by atoms with E-state index in [0.717, 1.165) is 37.1 Å². The van der Waals surface area contributed by atoms with Crippen LogP contribution in [0.5, 0.6) is 0 Å². The normalized spacial score (nSPS) is 21.9. The van der Waals surface area contributed by atoms with Gasteiger partial charge in [0.2, 0.25) is 0 Å². The van der Waals surface area contributed by atoms with Gasteiger partial charge >= 0.3 is 0 Å². The lowest BCUT2D eigenvalue weighted by Crippen LogP contribution is -2.51. The number of carbonyl (C=O) groups excluding carboxylic acids is 1. The maximum atomic E-state index is 12.3. The van der Waals surface area contributed by atoms with Gasteiger partial charge in [0.1, 0.15) is 6.10 Å². The van der Waals surface area contributed by atoms with Crippen LogP contribution in [0.2, 0.25) is 0 Å². The van der Waals surface area contributed by atoms with Crippen LogP contribution in [0.25, 0.3) is 0 Å². The Morgan fingerprint density at radius 2 is 2.08 bits per heavy atom. The summed E-state index contributed by atoms with van der Waals surface area (Å²) in [6, 6.07) is 5.21. The van der Waals surface area contributed by atoms with E-state index < -0.39 is 0 Å². The highest BCUT2D eigenvalue weighted by molar-refractivity contribution is 5.81. The predicted molar refractivity (Wildman–Crippen MR) is 88.7 cm³/mol. The molecule has 0 N–H and O–H groups in total. The van der Waals surface area contributed by atoms with Gasteiger partial charge in [-0.2, -0.15) is 0 Å². The van der Waals surface area contributed by atoms with Crippen molar-refractivity contribution in [1.29, 1.82) is 0 Å². The quantitative estimate of drug-likeness (QED) is 0.619. The Morgan fingerprint density at radius 1 is 1.33 bits per heavy atom. The first-order valence-electron chi connectivity index (χ1n) is 8.42. The monoisotopic (exact) mass is 333 g/mol. The zero-order valence-electron chi connectivity index (χ0n) is 13.9. The molecule has 2 aliphatic heterocycles. The SMILES string of the molecule is Cc1c(CN2CCN(C(=O)[C@@H]3CCCO3)CC2)cccc1[N+](=O)[O-]. The van der Waals surface area contributed by atoms with Crippen LogP contribution in [0.15, 0.2) is 18.2 Å². The van der Waals surface area contributed by atoms with Gasteiger partial charge in [0.15, 0.2) is 0 Å². The van der Waals surface area contributed by atoms with Crippen molar-refractivity contribution in [2.75, 3.05) is 32.8 Å². The Labute approximate surface area is 141 Å². The van der Waals surface area contributed by atoms with Gasteiger partial charge in [-0.15, -0.1) is 0 Å². The van der Waals surface area contributed by atoms with Crippen molar-refractivity contribution in [2.45, 2.75) is 32.4 Å². The second kappa shape index (κ2) is 7.27. The molecule has 0 saturated carbocycles. The molecule has 0 bridgehead atoms. The van der Waals surface area contributed by atoms with E-state index in [0.29, 0.717) is 26.2 Å². The van der Waals surface area contributed by atoms with Crippen molar-refractivity contribution in [1.82, 2.24) is 9.80 Å². The predicted octanol–water partition coefficient (Wildman–Crippen LogP) is 1.73. The van der Waals surface area contributed by atoms with Crippen molar-refractivity contribution in [2.24, 2.45) is 0 Å². The molecule has 0 unspecified atom stereocenters. The van der Waals surface area contributed by atoms with Crippen LogP contribution in [0.1, 0.15) is 24.0 Å². The molecule has 1 aromatic rings. The summed E-state index contributed by atoms with van der Waals surface area (Å²) in [6.07, 6.45) is 1.53. The van der Waals surface area contributed by atoms with E-state index in [-0.39, 0.29) is 22.6 Å². The number of nitrogens with zero attached hydrogens (tertiary/aromatic N) is 3. The van der Waals surface area contributed by atoms with Crippen molar-refractivity contribution in [3.05, 3.63) is 39.4 Å². The Balaban J connectivity index is 1.57. The first-order chi connectivity index (χ1) is 11.6. The number of amides is 1. The summed E-state index contributed by atoms with van der Waals surface area (Å²) in [7, 11) is 0. The Morgan fingerprint density at radius 3 is 2.71 bits per heavy atom. The minimum Gasteiger partial charge on any atom is -0.368 e. The van der Waals surface area contributed by atoms with Gasteiger partial charge in [-0.1, -0.05) is 12.1 Å². The summed E-state index contributed by atoms with van der Waals surface area (Å²) in [6.45, 7) is 6.09. The summed E-state index contributed by atoms with van der Waals surface area (Å²) in [5.74, 6) is 0.110. The highest BCUT2D eigenvalue weighted by Gasteiger charge is 2.30. The van der Waals surface area contributed by atoms with Crippen LogP contribution < -0.4 is 0 Å². The largest absolute Gasteiger partial charge is 0.368 e. The average Bonchev–Trinajstić information content (AvgIpc) is 3.11. The van der Waals surface area contributed by atoms with Crippen LogP contribution in [-0.2, 0) is 16.1 Å². The standard InChI is InChI=1S/C17H23N3O4/c1-13-14(4-2-5-15(13)20(22)23)12-18-7-9-19(10-8-18)17(21)16-6-3-11-24-16/h2,4-5,16H,3,6-12H2,1H3/t16-/m0/s1. The van der Waals surface area contributed by atoms with Crippen LogP contribution in [0.4, 0.5) is 5.69 Å². The van der Waals surface area contributed by atoms with Crippen molar-refractivity contribution in [3.8, 4) is 0 Å². The fraction of sp³-hybridized carbons (Fsp3) is 0.588. The lowest BCUT2D eigenvalue weighted by Gasteiger charge is -2.35. The lowest BCUT2D eigenvalue weighted by molar-refractivity contribution is -0.385. The molecule has 1 amide bonds. The lowest BCUT2D eigenvalue weighted by atomic mass is 10.1. The molecule has 2 aliphatic rings. The highest BCUT2D eigenvalue weighted by atomic mass is 16.6. The van der Waals surface area contributed by atoms with E-state index >= 15 is 0 Å². The second-order valence-electron chi connectivity index (χ2n) is 6.42. The number of nitro groups is 1. The molecular weight excluding hydrogens is 310 g/mol. The van der Waals surface area contributed by atoms with E-state index in [1.807, 2.05) is 11.0 Å². The van der Waals surface area contributed by atoms with E-state index in [4.69, 9.17) is 4.74 Å². The number of hydrogen-bond acceptors (Lipinski definition) is 5. The molecular formula is C17H23N3O4. The summed E-state index contributed by atoms with van der Waals surface area (Å²) in [5.41, 5.74) is 1.86. The first kappa shape index (κ1) is 16.9. The number of nitro benzene ring substituents is 1. The molecule has 0 radical (unpaired) electrons. The maximum absolute atomic E-state index is 12.3. The smallest absolute Gasteiger partial charge is 0.272 e. The fourth-order valence-electron chi connectivity index (χ4n) is 3.38. The van der Waals surface area contributed by atoms with E-state index in [9.17, 15) is 14.9 Å². The van der Waals surface area contributed by atoms with Crippen LogP contribution in [0, 0.1) is 17.0 Å². The van der Waals surface area contributed by atoms with E-state index in [1.54, 1.807) is 13.0 Å². The van der Waals surface area contributed by atoms with Crippen molar-refractivity contribution < 1.29 is 14.5 Å². The summed E-state index contributed by atoms with van der Waals surface area (Å²) in [4.78, 5) is 27.2. The third-order valence-corrected chi connectivity index (χ3v) is 4.90. The Kier molecular flexibility index (Phi) is 5.11. The van der Waals surface area contributed by atoms with Gasteiger partial charge in [-0.3, -0.25) is 19.8 Å². The number of ether oxygens (including phenoxy) is 1. The number of carbonyl (C=O) groups is 1. The molecule has 3 rings (SSSR count). The zero-order chi connectivity index (χ0) is 17.1. The number of hydrogen-bond donors (Lipinski definition) is 0. The van der Waals surface area contributed by atoms with Gasteiger partial charge in [-0.05, 0) is 25.3 Å². The minimum absolute atomic E-state index is 0.110. The third-order valence-electron chi connectivity index (χ3n) is 4.90. The van der Waals surface area contributed by atoms with Gasteiger partial charge in [0.05, 0.1) is 4.92 Å². The van der Waals surface area contributed by atoms with Gasteiger partial charge in [-0.25, -0.2) is 0 Å². The molecule has 24 heavy (non-hydrogen) atoms. The molecule has 1 atom stereocenters. The minimum atomic E-state index is -0.336. The summed E-state index contributed by atoms with van der Waals surface area (Å²) in [5, 5.41) is 11.0. The van der Waals surface area contributed by atoms with E-state index in [1.165, 1.54) is 6.07 Å². The highest BCUT2D eigenvalue weighted by Crippen LogP contribution is 2.23. The van der Waals surface area contributed by atoms with Crippen molar-refractivity contribution in [3.63, 3.8) is 0 Å². The molecule has 130 valence electrons. The van der Waals surface area contributed by atoms with E-state index in [2.05, 4.69) is 4.90 Å².